The van der Waals surface area contributed by atoms with Gasteiger partial charge in [-0.2, -0.15) is 5.10 Å². The van der Waals surface area contributed by atoms with Gasteiger partial charge in [0.1, 0.15) is 17.3 Å². The predicted octanol–water partition coefficient (Wildman–Crippen LogP) is 4.18. The third-order valence-corrected chi connectivity index (χ3v) is 5.68. The van der Waals surface area contributed by atoms with E-state index < -0.39 is 0 Å². The first kappa shape index (κ1) is 23.5. The molecule has 4 rings (SSSR count). The topological polar surface area (TPSA) is 77.3 Å². The molecule has 0 saturated carbocycles. The fraction of sp³-hybridized carbons (Fsp3) is 0.346. The number of allylic oxidation sites excluding steroid dienone is 3. The average Bonchev–Trinajstić information content (AvgIpc) is 3.16. The highest BCUT2D eigenvalue weighted by molar-refractivity contribution is 5.85. The lowest BCUT2D eigenvalue weighted by Gasteiger charge is -2.27. The van der Waals surface area contributed by atoms with Crippen LogP contribution in [0.25, 0.3) is 22.0 Å². The van der Waals surface area contributed by atoms with Crippen LogP contribution < -0.4 is 10.2 Å². The normalized spacial score (nSPS) is 13.9. The number of anilines is 1. The second-order valence-corrected chi connectivity index (χ2v) is 8.52. The standard InChI is InChI=1S/C26H32N6O2/c1-18(2)27-8-9-32(22-6-7-23(33-4)13-24(12-22)34-5)26-11-19-10-20(14-28-25(19)16-29-26)21-15-30-31(3)17-21/h7,10-18,27H,6,8-9H2,1-5H3. The van der Waals surface area contributed by atoms with E-state index in [-0.39, 0.29) is 0 Å². The second kappa shape index (κ2) is 10.5. The Kier molecular flexibility index (Phi) is 7.27. The van der Waals surface area contributed by atoms with Crippen LogP contribution in [-0.2, 0) is 16.5 Å². The lowest BCUT2D eigenvalue weighted by atomic mass is 10.1. The number of ether oxygens (including phenoxy) is 2. The molecule has 0 radical (unpaired) electrons. The van der Waals surface area contributed by atoms with Gasteiger partial charge >= 0.3 is 0 Å². The molecule has 0 fully saturated rings. The van der Waals surface area contributed by atoms with E-state index in [1.54, 1.807) is 18.9 Å². The van der Waals surface area contributed by atoms with Crippen molar-refractivity contribution in [3.05, 3.63) is 72.4 Å². The molecule has 34 heavy (non-hydrogen) atoms. The minimum atomic E-state index is 0.398. The first-order chi connectivity index (χ1) is 16.5. The van der Waals surface area contributed by atoms with E-state index >= 15 is 0 Å². The van der Waals surface area contributed by atoms with E-state index in [4.69, 9.17) is 14.5 Å². The van der Waals surface area contributed by atoms with E-state index in [0.29, 0.717) is 12.5 Å². The Morgan fingerprint density at radius 1 is 1.03 bits per heavy atom. The maximum Gasteiger partial charge on any atom is 0.133 e. The number of rotatable bonds is 9. The zero-order valence-corrected chi connectivity index (χ0v) is 20.4. The Bertz CT molecular complexity index is 1240. The summed E-state index contributed by atoms with van der Waals surface area (Å²) >= 11 is 0. The minimum Gasteiger partial charge on any atom is -0.497 e. The molecule has 178 valence electrons. The molecule has 3 aromatic heterocycles. The van der Waals surface area contributed by atoms with Crippen molar-refractivity contribution in [2.45, 2.75) is 26.3 Å². The van der Waals surface area contributed by atoms with E-state index in [0.717, 1.165) is 58.2 Å². The summed E-state index contributed by atoms with van der Waals surface area (Å²) in [5, 5.41) is 8.82. The van der Waals surface area contributed by atoms with Crippen molar-refractivity contribution in [1.82, 2.24) is 25.1 Å². The molecule has 1 aliphatic carbocycles. The van der Waals surface area contributed by atoms with E-state index in [1.165, 1.54) is 0 Å². The first-order valence-corrected chi connectivity index (χ1v) is 11.4. The van der Waals surface area contributed by atoms with E-state index in [2.05, 4.69) is 52.4 Å². The Hall–Kier alpha value is -3.65. The number of aryl methyl sites for hydroxylation is 1. The number of methoxy groups -OCH3 is 2. The molecule has 0 amide bonds. The third kappa shape index (κ3) is 5.46. The van der Waals surface area contributed by atoms with Gasteiger partial charge in [-0.15, -0.1) is 0 Å². The van der Waals surface area contributed by atoms with Gasteiger partial charge < -0.3 is 19.7 Å². The van der Waals surface area contributed by atoms with Crippen molar-refractivity contribution in [3.63, 3.8) is 0 Å². The van der Waals surface area contributed by atoms with Crippen LogP contribution in [0.15, 0.2) is 72.4 Å². The molecule has 0 unspecified atom stereocenters. The third-order valence-electron chi connectivity index (χ3n) is 5.68. The number of fused-ring (bicyclic) bond motifs is 1. The number of aromatic nitrogens is 4. The van der Waals surface area contributed by atoms with Crippen LogP contribution in [0.1, 0.15) is 20.3 Å². The molecule has 0 bridgehead atoms. The highest BCUT2D eigenvalue weighted by atomic mass is 16.5. The summed E-state index contributed by atoms with van der Waals surface area (Å²) in [6.45, 7) is 5.87. The highest BCUT2D eigenvalue weighted by Crippen LogP contribution is 2.28. The number of hydrogen-bond acceptors (Lipinski definition) is 7. The van der Waals surface area contributed by atoms with Gasteiger partial charge in [-0.05, 0) is 18.2 Å². The molecule has 3 aromatic rings. The van der Waals surface area contributed by atoms with Crippen molar-refractivity contribution in [1.29, 1.82) is 0 Å². The van der Waals surface area contributed by atoms with Crippen LogP contribution in [0.5, 0.6) is 0 Å². The fourth-order valence-electron chi connectivity index (χ4n) is 3.88. The first-order valence-electron chi connectivity index (χ1n) is 11.4. The molecule has 8 heteroatoms. The monoisotopic (exact) mass is 460 g/mol. The Morgan fingerprint density at radius 2 is 1.85 bits per heavy atom. The van der Waals surface area contributed by atoms with Crippen molar-refractivity contribution >= 4 is 16.7 Å². The SMILES string of the molecule is COC1=CCC(N(CCNC(C)C)c2cc3cc(-c4cnn(C)c4)cnc3cn2)=CC(OC)=C1. The number of pyridine rings is 2. The van der Waals surface area contributed by atoms with Crippen LogP contribution >= 0.6 is 0 Å². The molecule has 8 nitrogen and oxygen atoms in total. The summed E-state index contributed by atoms with van der Waals surface area (Å²) in [5.74, 6) is 2.38. The Labute approximate surface area is 200 Å². The number of nitrogens with one attached hydrogen (secondary N) is 1. The Balaban J connectivity index is 1.73. The summed E-state index contributed by atoms with van der Waals surface area (Å²) in [7, 11) is 5.25. The number of nitrogens with zero attached hydrogens (tertiary/aromatic N) is 5. The Morgan fingerprint density at radius 3 is 2.56 bits per heavy atom. The quantitative estimate of drug-likeness (QED) is 0.513. The molecule has 3 heterocycles. The van der Waals surface area contributed by atoms with Crippen LogP contribution in [0.3, 0.4) is 0 Å². The smallest absolute Gasteiger partial charge is 0.133 e. The average molecular weight is 461 g/mol. The van der Waals surface area contributed by atoms with Gasteiger partial charge in [0.05, 0.1) is 32.1 Å². The van der Waals surface area contributed by atoms with Crippen LogP contribution in [0.2, 0.25) is 0 Å². The maximum atomic E-state index is 5.58. The second-order valence-electron chi connectivity index (χ2n) is 8.52. The van der Waals surface area contributed by atoms with E-state index in [9.17, 15) is 0 Å². The molecule has 0 saturated heterocycles. The summed E-state index contributed by atoms with van der Waals surface area (Å²) in [6, 6.07) is 4.63. The molecule has 0 atom stereocenters. The lowest BCUT2D eigenvalue weighted by Crippen LogP contribution is -2.35. The van der Waals surface area contributed by atoms with Gasteiger partial charge in [0.25, 0.3) is 0 Å². The van der Waals surface area contributed by atoms with Crippen LogP contribution in [-0.4, -0.2) is 53.1 Å². The van der Waals surface area contributed by atoms with Gasteiger partial charge in [-0.1, -0.05) is 13.8 Å². The van der Waals surface area contributed by atoms with Crippen molar-refractivity contribution in [2.24, 2.45) is 7.05 Å². The van der Waals surface area contributed by atoms with Gasteiger partial charge in [0.2, 0.25) is 0 Å². The largest absolute Gasteiger partial charge is 0.497 e. The zero-order chi connectivity index (χ0) is 24.1. The van der Waals surface area contributed by atoms with Crippen molar-refractivity contribution in [3.8, 4) is 11.1 Å². The molecule has 0 spiro atoms. The van der Waals surface area contributed by atoms with E-state index in [1.807, 2.05) is 44.0 Å². The predicted molar refractivity (Wildman–Crippen MR) is 135 cm³/mol. The molecule has 0 aliphatic heterocycles. The molecule has 1 aliphatic rings. The van der Waals surface area contributed by atoms with Gasteiger partial charge in [0.15, 0.2) is 0 Å². The van der Waals surface area contributed by atoms with Crippen LogP contribution in [0, 0.1) is 0 Å². The fourth-order valence-corrected chi connectivity index (χ4v) is 3.88. The molecular formula is C26H32N6O2. The summed E-state index contributed by atoms with van der Waals surface area (Å²) in [4.78, 5) is 11.6. The summed E-state index contributed by atoms with van der Waals surface area (Å²) < 4.78 is 12.9. The van der Waals surface area contributed by atoms with Gasteiger partial charge in [-0.25, -0.2) is 4.98 Å². The molecule has 1 N–H and O–H groups in total. The molecule has 0 aromatic carbocycles. The summed E-state index contributed by atoms with van der Waals surface area (Å²) in [6.07, 6.45) is 14.2. The lowest BCUT2D eigenvalue weighted by molar-refractivity contribution is 0.285. The van der Waals surface area contributed by atoms with Crippen molar-refractivity contribution < 1.29 is 9.47 Å². The maximum absolute atomic E-state index is 5.58. The zero-order valence-electron chi connectivity index (χ0n) is 20.4. The van der Waals surface area contributed by atoms with Crippen molar-refractivity contribution in [2.75, 3.05) is 32.2 Å². The summed E-state index contributed by atoms with van der Waals surface area (Å²) in [5.41, 5.74) is 3.99. The minimum absolute atomic E-state index is 0.398. The highest BCUT2D eigenvalue weighted by Gasteiger charge is 2.17. The number of hydrogen-bond donors (Lipinski definition) is 1. The molecular weight excluding hydrogens is 428 g/mol. The van der Waals surface area contributed by atoms with Gasteiger partial charge in [0, 0.05) is 79.4 Å². The van der Waals surface area contributed by atoms with Gasteiger partial charge in [-0.3, -0.25) is 9.67 Å². The van der Waals surface area contributed by atoms with Crippen LogP contribution in [0.4, 0.5) is 5.82 Å².